The first-order chi connectivity index (χ1) is 13.5. The third-order valence-electron chi connectivity index (χ3n) is 4.38. The molecule has 0 saturated heterocycles. The number of aromatic nitrogens is 1. The zero-order valence-corrected chi connectivity index (χ0v) is 15.8. The Balaban J connectivity index is 1.58. The van der Waals surface area contributed by atoms with Crippen molar-refractivity contribution in [2.24, 2.45) is 0 Å². The SMILES string of the molecule is Cc1ccc(Oc2ccc(NC(=O)NC(CO)c3ccccc3)cn2)cc1C. The molecule has 6 nitrogen and oxygen atoms in total. The van der Waals surface area contributed by atoms with Crippen molar-refractivity contribution in [3.63, 3.8) is 0 Å². The summed E-state index contributed by atoms with van der Waals surface area (Å²) in [7, 11) is 0. The van der Waals surface area contributed by atoms with Crippen LogP contribution in [-0.4, -0.2) is 22.7 Å². The van der Waals surface area contributed by atoms with Gasteiger partial charge in [-0.15, -0.1) is 0 Å². The van der Waals surface area contributed by atoms with Gasteiger partial charge in [0.1, 0.15) is 5.75 Å². The number of benzene rings is 2. The van der Waals surface area contributed by atoms with Gasteiger partial charge in [0, 0.05) is 6.07 Å². The van der Waals surface area contributed by atoms with E-state index in [1.54, 1.807) is 12.1 Å². The van der Waals surface area contributed by atoms with Crippen molar-refractivity contribution in [2.75, 3.05) is 11.9 Å². The highest BCUT2D eigenvalue weighted by atomic mass is 16.5. The molecule has 0 aliphatic carbocycles. The van der Waals surface area contributed by atoms with Crippen LogP contribution in [0, 0.1) is 13.8 Å². The minimum absolute atomic E-state index is 0.196. The van der Waals surface area contributed by atoms with Gasteiger partial charge in [-0.2, -0.15) is 0 Å². The minimum Gasteiger partial charge on any atom is -0.439 e. The number of pyridine rings is 1. The Hall–Kier alpha value is -3.38. The molecule has 0 saturated carbocycles. The molecule has 0 bridgehead atoms. The second kappa shape index (κ2) is 9.01. The number of carbonyl (C=O) groups excluding carboxylic acids is 1. The van der Waals surface area contributed by atoms with Gasteiger partial charge in [-0.3, -0.25) is 0 Å². The number of hydrogen-bond donors (Lipinski definition) is 3. The van der Waals surface area contributed by atoms with Crippen molar-refractivity contribution >= 4 is 11.7 Å². The molecule has 0 aliphatic heterocycles. The Labute approximate surface area is 164 Å². The fraction of sp³-hybridized carbons (Fsp3) is 0.182. The van der Waals surface area contributed by atoms with Gasteiger partial charge in [0.05, 0.1) is 24.5 Å². The van der Waals surface area contributed by atoms with E-state index in [0.717, 1.165) is 11.1 Å². The van der Waals surface area contributed by atoms with E-state index in [1.807, 2.05) is 62.4 Å². The Morgan fingerprint density at radius 2 is 1.86 bits per heavy atom. The molecule has 144 valence electrons. The molecule has 1 heterocycles. The van der Waals surface area contributed by atoms with Crippen LogP contribution >= 0.6 is 0 Å². The molecule has 1 aromatic heterocycles. The van der Waals surface area contributed by atoms with Crippen LogP contribution < -0.4 is 15.4 Å². The Kier molecular flexibility index (Phi) is 6.24. The Bertz CT molecular complexity index is 928. The molecule has 6 heteroatoms. The average molecular weight is 377 g/mol. The Morgan fingerprint density at radius 3 is 2.50 bits per heavy atom. The molecule has 3 N–H and O–H groups in total. The molecule has 1 unspecified atom stereocenters. The van der Waals surface area contributed by atoms with Gasteiger partial charge >= 0.3 is 6.03 Å². The van der Waals surface area contributed by atoms with Crippen molar-refractivity contribution in [3.05, 3.63) is 83.6 Å². The maximum absolute atomic E-state index is 12.2. The molecule has 0 spiro atoms. The second-order valence-electron chi connectivity index (χ2n) is 6.48. The van der Waals surface area contributed by atoms with Crippen LogP contribution in [0.5, 0.6) is 11.6 Å². The zero-order valence-electron chi connectivity index (χ0n) is 15.8. The zero-order chi connectivity index (χ0) is 19.9. The second-order valence-corrected chi connectivity index (χ2v) is 6.48. The maximum atomic E-state index is 12.2. The van der Waals surface area contributed by atoms with Crippen LogP contribution in [0.25, 0.3) is 0 Å². The molecule has 28 heavy (non-hydrogen) atoms. The van der Waals surface area contributed by atoms with Crippen LogP contribution in [0.1, 0.15) is 22.7 Å². The summed E-state index contributed by atoms with van der Waals surface area (Å²) in [5.74, 6) is 1.15. The first-order valence-electron chi connectivity index (χ1n) is 8.99. The molecule has 3 rings (SSSR count). The van der Waals surface area contributed by atoms with Crippen molar-refractivity contribution in [1.82, 2.24) is 10.3 Å². The largest absolute Gasteiger partial charge is 0.439 e. The summed E-state index contributed by atoms with van der Waals surface area (Å²) < 4.78 is 5.74. The highest BCUT2D eigenvalue weighted by molar-refractivity contribution is 5.89. The average Bonchev–Trinajstić information content (AvgIpc) is 2.71. The quantitative estimate of drug-likeness (QED) is 0.596. The highest BCUT2D eigenvalue weighted by Crippen LogP contribution is 2.23. The van der Waals surface area contributed by atoms with Crippen LogP contribution in [0.15, 0.2) is 66.9 Å². The van der Waals surface area contributed by atoms with Crippen molar-refractivity contribution in [1.29, 1.82) is 0 Å². The molecular weight excluding hydrogens is 354 g/mol. The van der Waals surface area contributed by atoms with Crippen LogP contribution in [-0.2, 0) is 0 Å². The van der Waals surface area contributed by atoms with Gasteiger partial charge < -0.3 is 20.5 Å². The van der Waals surface area contributed by atoms with Crippen LogP contribution in [0.4, 0.5) is 10.5 Å². The van der Waals surface area contributed by atoms with E-state index in [9.17, 15) is 9.90 Å². The van der Waals surface area contributed by atoms with Gasteiger partial charge in [0.2, 0.25) is 5.88 Å². The maximum Gasteiger partial charge on any atom is 0.319 e. The third kappa shape index (κ3) is 5.08. The summed E-state index contributed by atoms with van der Waals surface area (Å²) in [6, 6.07) is 17.6. The number of nitrogens with one attached hydrogen (secondary N) is 2. The number of nitrogens with zero attached hydrogens (tertiary/aromatic N) is 1. The molecule has 0 radical (unpaired) electrons. The number of aliphatic hydroxyl groups excluding tert-OH is 1. The van der Waals surface area contributed by atoms with E-state index < -0.39 is 12.1 Å². The molecule has 2 amide bonds. The van der Waals surface area contributed by atoms with Crippen molar-refractivity contribution in [2.45, 2.75) is 19.9 Å². The Morgan fingerprint density at radius 1 is 1.07 bits per heavy atom. The molecule has 1 atom stereocenters. The van der Waals surface area contributed by atoms with Gasteiger partial charge in [0.25, 0.3) is 0 Å². The summed E-state index contributed by atoms with van der Waals surface area (Å²) in [5, 5.41) is 15.0. The number of urea groups is 1. The summed E-state index contributed by atoms with van der Waals surface area (Å²) in [4.78, 5) is 16.4. The number of amides is 2. The van der Waals surface area contributed by atoms with E-state index in [2.05, 4.69) is 15.6 Å². The van der Waals surface area contributed by atoms with Crippen LogP contribution in [0.3, 0.4) is 0 Å². The fourth-order valence-electron chi connectivity index (χ4n) is 2.66. The third-order valence-corrected chi connectivity index (χ3v) is 4.38. The first-order valence-corrected chi connectivity index (χ1v) is 8.99. The lowest BCUT2D eigenvalue weighted by Crippen LogP contribution is -2.34. The van der Waals surface area contributed by atoms with E-state index in [4.69, 9.17) is 4.74 Å². The fourth-order valence-corrected chi connectivity index (χ4v) is 2.66. The molecule has 2 aromatic carbocycles. The standard InChI is InChI=1S/C22H23N3O3/c1-15-8-10-19(12-16(15)2)28-21-11-9-18(13-23-21)24-22(27)25-20(14-26)17-6-4-3-5-7-17/h3-13,20,26H,14H2,1-2H3,(H2,24,25,27). The summed E-state index contributed by atoms with van der Waals surface area (Å²) in [6.45, 7) is 3.87. The lowest BCUT2D eigenvalue weighted by Gasteiger charge is -2.17. The molecule has 3 aromatic rings. The highest BCUT2D eigenvalue weighted by Gasteiger charge is 2.13. The summed E-state index contributed by atoms with van der Waals surface area (Å²) in [5.41, 5.74) is 3.69. The number of ether oxygens (including phenoxy) is 1. The van der Waals surface area contributed by atoms with Gasteiger partial charge in [-0.1, -0.05) is 36.4 Å². The van der Waals surface area contributed by atoms with E-state index in [0.29, 0.717) is 17.3 Å². The first kappa shape index (κ1) is 19.4. The minimum atomic E-state index is -0.485. The van der Waals surface area contributed by atoms with Crippen molar-refractivity contribution < 1.29 is 14.6 Å². The lowest BCUT2D eigenvalue weighted by atomic mass is 10.1. The number of anilines is 1. The molecular formula is C22H23N3O3. The lowest BCUT2D eigenvalue weighted by molar-refractivity contribution is 0.225. The molecule has 0 fully saturated rings. The van der Waals surface area contributed by atoms with Crippen LogP contribution in [0.2, 0.25) is 0 Å². The number of aliphatic hydroxyl groups is 1. The number of rotatable bonds is 6. The number of aryl methyl sites for hydroxylation is 2. The van der Waals surface area contributed by atoms with E-state index in [1.165, 1.54) is 11.8 Å². The predicted molar refractivity (Wildman–Crippen MR) is 109 cm³/mol. The normalized spacial score (nSPS) is 11.5. The summed E-state index contributed by atoms with van der Waals surface area (Å²) >= 11 is 0. The monoisotopic (exact) mass is 377 g/mol. The van der Waals surface area contributed by atoms with Gasteiger partial charge in [-0.05, 0) is 48.7 Å². The molecule has 0 aliphatic rings. The number of hydrogen-bond acceptors (Lipinski definition) is 4. The topological polar surface area (TPSA) is 83.5 Å². The van der Waals surface area contributed by atoms with Crippen molar-refractivity contribution in [3.8, 4) is 11.6 Å². The smallest absolute Gasteiger partial charge is 0.319 e. The number of carbonyl (C=O) groups is 1. The predicted octanol–water partition coefficient (Wildman–Crippen LogP) is 4.35. The summed E-state index contributed by atoms with van der Waals surface area (Å²) in [6.07, 6.45) is 1.52. The van der Waals surface area contributed by atoms with E-state index >= 15 is 0 Å². The van der Waals surface area contributed by atoms with Gasteiger partial charge in [-0.25, -0.2) is 9.78 Å². The van der Waals surface area contributed by atoms with E-state index in [-0.39, 0.29) is 6.61 Å². The van der Waals surface area contributed by atoms with Gasteiger partial charge in [0.15, 0.2) is 0 Å².